The van der Waals surface area contributed by atoms with Crippen LogP contribution in [-0.4, -0.2) is 60.0 Å². The monoisotopic (exact) mass is 427 g/mol. The highest BCUT2D eigenvalue weighted by Crippen LogP contribution is 2.24. The zero-order valence-corrected chi connectivity index (χ0v) is 17.5. The van der Waals surface area contributed by atoms with Crippen LogP contribution in [0.15, 0.2) is 60.0 Å². The van der Waals surface area contributed by atoms with E-state index in [-0.39, 0.29) is 5.91 Å². The van der Waals surface area contributed by atoms with E-state index in [0.717, 1.165) is 30.2 Å². The maximum absolute atomic E-state index is 12.8. The van der Waals surface area contributed by atoms with Gasteiger partial charge in [-0.25, -0.2) is 4.98 Å². The van der Waals surface area contributed by atoms with Crippen molar-refractivity contribution in [2.75, 3.05) is 39.3 Å². The van der Waals surface area contributed by atoms with Crippen LogP contribution in [0.5, 0.6) is 5.75 Å². The number of amides is 1. The number of aromatic nitrogens is 1. The summed E-state index contributed by atoms with van der Waals surface area (Å²) in [4.78, 5) is 21.5. The normalized spacial score (nSPS) is 14.7. The van der Waals surface area contributed by atoms with Gasteiger partial charge in [-0.2, -0.15) is 0 Å². The highest BCUT2D eigenvalue weighted by molar-refractivity contribution is 7.13. The summed E-state index contributed by atoms with van der Waals surface area (Å²) in [6.45, 7) is 4.43. The Labute approximate surface area is 179 Å². The first-order valence-corrected chi connectivity index (χ1v) is 10.9. The third-order valence-corrected chi connectivity index (χ3v) is 6.11. The van der Waals surface area contributed by atoms with E-state index in [1.165, 1.54) is 11.3 Å². The summed E-state index contributed by atoms with van der Waals surface area (Å²) in [5.74, 6) is 0.719. The molecule has 150 valence electrons. The van der Waals surface area contributed by atoms with Gasteiger partial charge in [0.05, 0.1) is 5.02 Å². The molecule has 0 radical (unpaired) electrons. The number of ether oxygens (including phenoxy) is 1. The molecule has 1 saturated heterocycles. The predicted octanol–water partition coefficient (Wildman–Crippen LogP) is 4.30. The molecule has 29 heavy (non-hydrogen) atoms. The van der Waals surface area contributed by atoms with Crippen molar-refractivity contribution >= 4 is 28.8 Å². The molecule has 1 amide bonds. The third-order valence-electron chi connectivity index (χ3n) is 4.91. The van der Waals surface area contributed by atoms with E-state index in [9.17, 15) is 4.79 Å². The zero-order chi connectivity index (χ0) is 20.1. The number of nitrogens with zero attached hydrogens (tertiary/aromatic N) is 3. The second-order valence-corrected chi connectivity index (χ2v) is 8.08. The topological polar surface area (TPSA) is 45.7 Å². The van der Waals surface area contributed by atoms with Crippen LogP contribution in [-0.2, 0) is 0 Å². The van der Waals surface area contributed by atoms with Crippen molar-refractivity contribution in [3.63, 3.8) is 0 Å². The Hall–Kier alpha value is -2.41. The first kappa shape index (κ1) is 19.9. The van der Waals surface area contributed by atoms with E-state index < -0.39 is 0 Å². The van der Waals surface area contributed by atoms with Crippen LogP contribution in [0.3, 0.4) is 0 Å². The molecule has 0 saturated carbocycles. The van der Waals surface area contributed by atoms with Crippen molar-refractivity contribution < 1.29 is 9.53 Å². The number of piperazine rings is 1. The van der Waals surface area contributed by atoms with E-state index in [1.807, 2.05) is 64.9 Å². The van der Waals surface area contributed by atoms with Crippen LogP contribution in [0.1, 0.15) is 10.5 Å². The van der Waals surface area contributed by atoms with E-state index in [4.69, 9.17) is 16.3 Å². The lowest BCUT2D eigenvalue weighted by atomic mass is 10.2. The van der Waals surface area contributed by atoms with Crippen molar-refractivity contribution in [2.45, 2.75) is 0 Å². The first-order chi connectivity index (χ1) is 14.2. The molecule has 0 bridgehead atoms. The van der Waals surface area contributed by atoms with Crippen LogP contribution in [0, 0.1) is 0 Å². The van der Waals surface area contributed by atoms with Crippen LogP contribution in [0.4, 0.5) is 0 Å². The Bertz CT molecular complexity index is 955. The maximum Gasteiger partial charge on any atom is 0.273 e. The van der Waals surface area contributed by atoms with E-state index >= 15 is 0 Å². The number of carbonyl (C=O) groups is 1. The lowest BCUT2D eigenvalue weighted by Gasteiger charge is -2.34. The molecule has 0 unspecified atom stereocenters. The first-order valence-electron chi connectivity index (χ1n) is 9.60. The average molecular weight is 428 g/mol. The number of benzene rings is 2. The Morgan fingerprint density at radius 1 is 1.03 bits per heavy atom. The fourth-order valence-corrected chi connectivity index (χ4v) is 4.26. The van der Waals surface area contributed by atoms with Gasteiger partial charge in [-0.05, 0) is 12.1 Å². The molecule has 7 heteroatoms. The molecule has 2 heterocycles. The predicted molar refractivity (Wildman–Crippen MR) is 117 cm³/mol. The SMILES string of the molecule is O=C(c1csc(-c2ccccc2)n1)N1CCN(CCOc2ccccc2Cl)CC1. The fraction of sp³-hybridized carbons (Fsp3) is 0.273. The number of para-hydroxylation sites is 1. The van der Waals surface area contributed by atoms with Crippen molar-refractivity contribution in [1.82, 2.24) is 14.8 Å². The summed E-state index contributed by atoms with van der Waals surface area (Å²) in [5, 5.41) is 3.36. The van der Waals surface area contributed by atoms with Crippen LogP contribution >= 0.6 is 22.9 Å². The molecule has 0 N–H and O–H groups in total. The van der Waals surface area contributed by atoms with Gasteiger partial charge >= 0.3 is 0 Å². The van der Waals surface area contributed by atoms with Crippen molar-refractivity contribution in [2.24, 2.45) is 0 Å². The van der Waals surface area contributed by atoms with Gasteiger partial charge in [-0.1, -0.05) is 54.1 Å². The Balaban J connectivity index is 1.26. The summed E-state index contributed by atoms with van der Waals surface area (Å²) in [5.41, 5.74) is 1.57. The standard InChI is InChI=1S/C22H22ClN3O2S/c23-18-8-4-5-9-20(18)28-15-14-25-10-12-26(13-11-25)22(27)19-16-29-21(24-19)17-6-2-1-3-7-17/h1-9,16H,10-15H2. The minimum absolute atomic E-state index is 0.00963. The van der Waals surface area contributed by atoms with Gasteiger partial charge in [0, 0.05) is 43.7 Å². The van der Waals surface area contributed by atoms with Crippen molar-refractivity contribution in [1.29, 1.82) is 0 Å². The summed E-state index contributed by atoms with van der Waals surface area (Å²) in [6.07, 6.45) is 0. The van der Waals surface area contributed by atoms with Gasteiger partial charge in [0.15, 0.2) is 0 Å². The molecule has 4 rings (SSSR count). The van der Waals surface area contributed by atoms with Gasteiger partial charge in [0.25, 0.3) is 5.91 Å². The number of rotatable bonds is 6. The molecule has 1 fully saturated rings. The second-order valence-electron chi connectivity index (χ2n) is 6.82. The third kappa shape index (κ3) is 4.96. The number of hydrogen-bond acceptors (Lipinski definition) is 5. The molecule has 3 aromatic rings. The van der Waals surface area contributed by atoms with Gasteiger partial charge in [-0.15, -0.1) is 11.3 Å². The van der Waals surface area contributed by atoms with E-state index in [2.05, 4.69) is 9.88 Å². The molecule has 2 aromatic carbocycles. The smallest absolute Gasteiger partial charge is 0.273 e. The lowest BCUT2D eigenvalue weighted by molar-refractivity contribution is 0.0615. The fourth-order valence-electron chi connectivity index (χ4n) is 3.27. The minimum atomic E-state index is 0.00963. The number of hydrogen-bond donors (Lipinski definition) is 0. The Morgan fingerprint density at radius 2 is 1.76 bits per heavy atom. The van der Waals surface area contributed by atoms with Gasteiger partial charge in [-0.3, -0.25) is 9.69 Å². The molecule has 5 nitrogen and oxygen atoms in total. The number of halogens is 1. The summed E-state index contributed by atoms with van der Waals surface area (Å²) in [6, 6.07) is 17.4. The quantitative estimate of drug-likeness (QED) is 0.588. The van der Waals surface area contributed by atoms with E-state index in [0.29, 0.717) is 36.2 Å². The Morgan fingerprint density at radius 3 is 2.52 bits per heavy atom. The molecule has 1 aliphatic heterocycles. The molecule has 0 spiro atoms. The lowest BCUT2D eigenvalue weighted by Crippen LogP contribution is -2.49. The minimum Gasteiger partial charge on any atom is -0.491 e. The van der Waals surface area contributed by atoms with Crippen molar-refractivity contribution in [3.8, 4) is 16.3 Å². The molecule has 0 atom stereocenters. The summed E-state index contributed by atoms with van der Waals surface area (Å²) < 4.78 is 5.77. The van der Waals surface area contributed by atoms with Gasteiger partial charge < -0.3 is 9.64 Å². The zero-order valence-electron chi connectivity index (χ0n) is 16.0. The van der Waals surface area contributed by atoms with Crippen LogP contribution < -0.4 is 4.74 Å². The maximum atomic E-state index is 12.8. The number of thiazole rings is 1. The summed E-state index contributed by atoms with van der Waals surface area (Å²) >= 11 is 7.62. The molecule has 0 aliphatic carbocycles. The molecule has 1 aromatic heterocycles. The number of carbonyl (C=O) groups excluding carboxylic acids is 1. The molecule has 1 aliphatic rings. The van der Waals surface area contributed by atoms with Gasteiger partial charge in [0.1, 0.15) is 23.1 Å². The molecular weight excluding hydrogens is 406 g/mol. The summed E-state index contributed by atoms with van der Waals surface area (Å²) in [7, 11) is 0. The van der Waals surface area contributed by atoms with Crippen molar-refractivity contribution in [3.05, 3.63) is 70.7 Å². The largest absolute Gasteiger partial charge is 0.491 e. The average Bonchev–Trinajstić information content (AvgIpc) is 3.26. The Kier molecular flexibility index (Phi) is 6.44. The molecular formula is C22H22ClN3O2S. The highest BCUT2D eigenvalue weighted by Gasteiger charge is 2.24. The van der Waals surface area contributed by atoms with E-state index in [1.54, 1.807) is 0 Å². The van der Waals surface area contributed by atoms with Crippen LogP contribution in [0.25, 0.3) is 10.6 Å². The second kappa shape index (κ2) is 9.39. The van der Waals surface area contributed by atoms with Crippen LogP contribution in [0.2, 0.25) is 5.02 Å². The highest BCUT2D eigenvalue weighted by atomic mass is 35.5. The van der Waals surface area contributed by atoms with Gasteiger partial charge in [0.2, 0.25) is 0 Å².